The average Bonchev–Trinajstić information content (AvgIpc) is 2.63. The summed E-state index contributed by atoms with van der Waals surface area (Å²) in [4.78, 5) is 13.8. The predicted octanol–water partition coefficient (Wildman–Crippen LogP) is 1.86. The van der Waals surface area contributed by atoms with E-state index in [-0.39, 0.29) is 0 Å². The number of H-pyrrole nitrogens is 1. The molecule has 2 aromatic rings. The third kappa shape index (κ3) is 1.44. The van der Waals surface area contributed by atoms with Gasteiger partial charge in [0.05, 0.1) is 6.07 Å². The van der Waals surface area contributed by atoms with Crippen LogP contribution in [0.25, 0.3) is 10.9 Å². The zero-order chi connectivity index (χ0) is 10.8. The Morgan fingerprint density at radius 2 is 2.20 bits per heavy atom. The van der Waals surface area contributed by atoms with E-state index in [1.165, 1.54) is 0 Å². The fraction of sp³-hybridized carbons (Fsp3) is 0.0909. The van der Waals surface area contributed by atoms with Gasteiger partial charge in [0.15, 0.2) is 5.92 Å². The number of carboxylic acid groups (broad SMARTS) is 1. The number of benzene rings is 1. The molecule has 0 aliphatic carbocycles. The Bertz CT molecular complexity index is 551. The summed E-state index contributed by atoms with van der Waals surface area (Å²) in [5, 5.41) is 18.4. The van der Waals surface area contributed by atoms with Crippen molar-refractivity contribution in [2.45, 2.75) is 5.92 Å². The van der Waals surface area contributed by atoms with E-state index >= 15 is 0 Å². The fourth-order valence-corrected chi connectivity index (χ4v) is 1.59. The number of aromatic nitrogens is 1. The maximum absolute atomic E-state index is 10.8. The van der Waals surface area contributed by atoms with E-state index < -0.39 is 11.9 Å². The number of nitrogens with one attached hydrogen (secondary N) is 1. The standard InChI is InChI=1S/C11H8N2O2/c12-5-8(11(14)15)9-6-13-10-4-2-1-3-7(9)10/h1-4,6,8,13H,(H,14,15). The number of rotatable bonds is 2. The summed E-state index contributed by atoms with van der Waals surface area (Å²) in [5.41, 5.74) is 1.36. The number of carbonyl (C=O) groups is 1. The van der Waals surface area contributed by atoms with Gasteiger partial charge in [-0.1, -0.05) is 18.2 Å². The van der Waals surface area contributed by atoms with Crippen LogP contribution in [0.4, 0.5) is 0 Å². The molecule has 2 rings (SSSR count). The largest absolute Gasteiger partial charge is 0.480 e. The van der Waals surface area contributed by atoms with Crippen LogP contribution in [0.2, 0.25) is 0 Å². The molecule has 0 amide bonds. The summed E-state index contributed by atoms with van der Waals surface area (Å²) in [6.45, 7) is 0. The van der Waals surface area contributed by atoms with E-state index in [0.717, 1.165) is 10.9 Å². The van der Waals surface area contributed by atoms with Crippen LogP contribution in [0.3, 0.4) is 0 Å². The van der Waals surface area contributed by atoms with Gasteiger partial charge < -0.3 is 10.1 Å². The van der Waals surface area contributed by atoms with E-state index in [1.807, 2.05) is 18.2 Å². The Kier molecular flexibility index (Phi) is 2.14. The highest BCUT2D eigenvalue weighted by atomic mass is 16.4. The number of para-hydroxylation sites is 1. The molecule has 0 bridgehead atoms. The van der Waals surface area contributed by atoms with Gasteiger partial charge in [-0.05, 0) is 6.07 Å². The molecular formula is C11H8N2O2. The first-order chi connectivity index (χ1) is 7.24. The molecule has 0 radical (unpaired) electrons. The van der Waals surface area contributed by atoms with Crippen molar-refractivity contribution in [2.24, 2.45) is 0 Å². The molecule has 1 unspecified atom stereocenters. The summed E-state index contributed by atoms with van der Waals surface area (Å²) in [5.74, 6) is -2.23. The Morgan fingerprint density at radius 1 is 1.47 bits per heavy atom. The summed E-state index contributed by atoms with van der Waals surface area (Å²) >= 11 is 0. The van der Waals surface area contributed by atoms with Crippen molar-refractivity contribution in [3.63, 3.8) is 0 Å². The molecule has 1 heterocycles. The zero-order valence-electron chi connectivity index (χ0n) is 7.77. The monoisotopic (exact) mass is 200 g/mol. The summed E-state index contributed by atoms with van der Waals surface area (Å²) in [7, 11) is 0. The van der Waals surface area contributed by atoms with Crippen molar-refractivity contribution in [3.8, 4) is 6.07 Å². The highest BCUT2D eigenvalue weighted by molar-refractivity contribution is 5.90. The molecule has 1 aromatic heterocycles. The van der Waals surface area contributed by atoms with Crippen LogP contribution >= 0.6 is 0 Å². The number of nitriles is 1. The van der Waals surface area contributed by atoms with Gasteiger partial charge in [0.25, 0.3) is 0 Å². The van der Waals surface area contributed by atoms with Crippen molar-refractivity contribution < 1.29 is 9.90 Å². The van der Waals surface area contributed by atoms with Gasteiger partial charge in [-0.2, -0.15) is 5.26 Å². The molecule has 0 fully saturated rings. The van der Waals surface area contributed by atoms with Gasteiger partial charge in [-0.15, -0.1) is 0 Å². The zero-order valence-corrected chi connectivity index (χ0v) is 7.77. The van der Waals surface area contributed by atoms with E-state index in [9.17, 15) is 4.79 Å². The average molecular weight is 200 g/mol. The molecule has 15 heavy (non-hydrogen) atoms. The summed E-state index contributed by atoms with van der Waals surface area (Å²) in [6, 6.07) is 9.09. The highest BCUT2D eigenvalue weighted by Gasteiger charge is 2.21. The molecule has 74 valence electrons. The second-order valence-electron chi connectivity index (χ2n) is 3.19. The van der Waals surface area contributed by atoms with Crippen molar-refractivity contribution in [1.29, 1.82) is 5.26 Å². The summed E-state index contributed by atoms with van der Waals surface area (Å²) in [6.07, 6.45) is 1.58. The molecular weight excluding hydrogens is 192 g/mol. The number of aromatic amines is 1. The van der Waals surface area contributed by atoms with E-state index in [4.69, 9.17) is 10.4 Å². The number of nitrogens with zero attached hydrogens (tertiary/aromatic N) is 1. The van der Waals surface area contributed by atoms with Gasteiger partial charge in [0, 0.05) is 22.7 Å². The van der Waals surface area contributed by atoms with E-state index in [0.29, 0.717) is 5.56 Å². The lowest BCUT2D eigenvalue weighted by Gasteiger charge is -2.00. The lowest BCUT2D eigenvalue weighted by Crippen LogP contribution is -2.08. The first-order valence-electron chi connectivity index (χ1n) is 4.42. The second kappa shape index (κ2) is 3.46. The van der Waals surface area contributed by atoms with Crippen molar-refractivity contribution in [2.75, 3.05) is 0 Å². The van der Waals surface area contributed by atoms with Crippen LogP contribution in [0, 0.1) is 11.3 Å². The number of fused-ring (bicyclic) bond motifs is 1. The molecule has 0 saturated heterocycles. The molecule has 2 N–H and O–H groups in total. The number of aliphatic carboxylic acids is 1. The van der Waals surface area contributed by atoms with Gasteiger partial charge in [0.1, 0.15) is 0 Å². The lowest BCUT2D eigenvalue weighted by molar-refractivity contribution is -0.137. The number of carboxylic acids is 1. The lowest BCUT2D eigenvalue weighted by atomic mass is 10.0. The normalized spacial score (nSPS) is 12.2. The fourth-order valence-electron chi connectivity index (χ4n) is 1.59. The second-order valence-corrected chi connectivity index (χ2v) is 3.19. The Hall–Kier alpha value is -2.28. The predicted molar refractivity (Wildman–Crippen MR) is 54.3 cm³/mol. The van der Waals surface area contributed by atoms with Crippen LogP contribution < -0.4 is 0 Å². The van der Waals surface area contributed by atoms with Crippen molar-refractivity contribution in [3.05, 3.63) is 36.0 Å². The molecule has 4 nitrogen and oxygen atoms in total. The van der Waals surface area contributed by atoms with Crippen LogP contribution in [0.1, 0.15) is 11.5 Å². The third-order valence-electron chi connectivity index (χ3n) is 2.31. The Balaban J connectivity index is 2.62. The minimum Gasteiger partial charge on any atom is -0.480 e. The molecule has 0 spiro atoms. The highest BCUT2D eigenvalue weighted by Crippen LogP contribution is 2.25. The topological polar surface area (TPSA) is 76.9 Å². The van der Waals surface area contributed by atoms with Crippen LogP contribution in [-0.4, -0.2) is 16.1 Å². The minimum absolute atomic E-state index is 0.514. The maximum Gasteiger partial charge on any atom is 0.325 e. The quantitative estimate of drug-likeness (QED) is 0.776. The van der Waals surface area contributed by atoms with Crippen LogP contribution in [-0.2, 0) is 4.79 Å². The van der Waals surface area contributed by atoms with Crippen LogP contribution in [0.15, 0.2) is 30.5 Å². The van der Waals surface area contributed by atoms with Crippen molar-refractivity contribution >= 4 is 16.9 Å². The first kappa shape index (κ1) is 9.28. The molecule has 0 aliphatic heterocycles. The third-order valence-corrected chi connectivity index (χ3v) is 2.31. The molecule has 4 heteroatoms. The van der Waals surface area contributed by atoms with E-state index in [1.54, 1.807) is 18.3 Å². The van der Waals surface area contributed by atoms with Crippen molar-refractivity contribution in [1.82, 2.24) is 4.98 Å². The number of hydrogen-bond acceptors (Lipinski definition) is 2. The van der Waals surface area contributed by atoms with Crippen LogP contribution in [0.5, 0.6) is 0 Å². The van der Waals surface area contributed by atoms with E-state index in [2.05, 4.69) is 4.98 Å². The summed E-state index contributed by atoms with van der Waals surface area (Å²) < 4.78 is 0. The molecule has 1 aromatic carbocycles. The first-order valence-corrected chi connectivity index (χ1v) is 4.42. The Labute approximate surface area is 85.8 Å². The minimum atomic E-state index is -1.12. The molecule has 0 aliphatic rings. The Morgan fingerprint density at radius 3 is 2.87 bits per heavy atom. The molecule has 0 saturated carbocycles. The van der Waals surface area contributed by atoms with Gasteiger partial charge in [0.2, 0.25) is 0 Å². The maximum atomic E-state index is 10.8. The van der Waals surface area contributed by atoms with Gasteiger partial charge in [-0.25, -0.2) is 0 Å². The SMILES string of the molecule is N#CC(C(=O)O)c1c[nH]c2ccccc12. The number of hydrogen-bond donors (Lipinski definition) is 2. The molecule has 1 atom stereocenters. The smallest absolute Gasteiger partial charge is 0.325 e. The van der Waals surface area contributed by atoms with Gasteiger partial charge >= 0.3 is 5.97 Å². The van der Waals surface area contributed by atoms with Gasteiger partial charge in [-0.3, -0.25) is 4.79 Å².